The highest BCUT2D eigenvalue weighted by Gasteiger charge is 2.23. The molecule has 0 radical (unpaired) electrons. The SMILES string of the molecule is CN(CC1CCC1)C(=O)c1cc(C#CCN)ccc1F. The van der Waals surface area contributed by atoms with Gasteiger partial charge in [0.15, 0.2) is 0 Å². The minimum Gasteiger partial charge on any atom is -0.341 e. The summed E-state index contributed by atoms with van der Waals surface area (Å²) in [6, 6.07) is 4.34. The van der Waals surface area contributed by atoms with E-state index in [9.17, 15) is 9.18 Å². The molecular formula is C16H19FN2O. The van der Waals surface area contributed by atoms with Gasteiger partial charge in [-0.1, -0.05) is 18.3 Å². The lowest BCUT2D eigenvalue weighted by Gasteiger charge is -2.30. The maximum Gasteiger partial charge on any atom is 0.256 e. The molecule has 1 aliphatic rings. The fraction of sp³-hybridized carbons (Fsp3) is 0.438. The molecule has 0 spiro atoms. The number of amides is 1. The van der Waals surface area contributed by atoms with Gasteiger partial charge in [-0.2, -0.15) is 0 Å². The van der Waals surface area contributed by atoms with E-state index in [4.69, 9.17) is 5.73 Å². The third kappa shape index (κ3) is 3.37. The van der Waals surface area contributed by atoms with Gasteiger partial charge in [0.1, 0.15) is 5.82 Å². The second kappa shape index (κ2) is 6.53. The second-order valence-corrected chi connectivity index (χ2v) is 5.18. The maximum atomic E-state index is 13.8. The van der Waals surface area contributed by atoms with E-state index in [1.807, 2.05) is 0 Å². The predicted octanol–water partition coefficient (Wildman–Crippen LogP) is 2.01. The molecule has 0 aliphatic heterocycles. The van der Waals surface area contributed by atoms with Crippen LogP contribution in [0.1, 0.15) is 35.2 Å². The monoisotopic (exact) mass is 274 g/mol. The Morgan fingerprint density at radius 2 is 2.25 bits per heavy atom. The van der Waals surface area contributed by atoms with Gasteiger partial charge in [-0.15, -0.1) is 0 Å². The largest absolute Gasteiger partial charge is 0.341 e. The first-order valence-corrected chi connectivity index (χ1v) is 6.85. The van der Waals surface area contributed by atoms with Crippen molar-refractivity contribution in [1.29, 1.82) is 0 Å². The summed E-state index contributed by atoms with van der Waals surface area (Å²) in [6.07, 6.45) is 3.54. The van der Waals surface area contributed by atoms with Crippen molar-refractivity contribution in [3.63, 3.8) is 0 Å². The summed E-state index contributed by atoms with van der Waals surface area (Å²) in [7, 11) is 1.72. The van der Waals surface area contributed by atoms with E-state index >= 15 is 0 Å². The molecule has 3 nitrogen and oxygen atoms in total. The Labute approximate surface area is 119 Å². The fourth-order valence-electron chi connectivity index (χ4n) is 2.27. The Hall–Kier alpha value is -1.86. The lowest BCUT2D eigenvalue weighted by atomic mass is 9.85. The molecule has 0 bridgehead atoms. The Bertz CT molecular complexity index is 555. The third-order valence-corrected chi connectivity index (χ3v) is 3.64. The molecule has 1 aliphatic carbocycles. The molecule has 0 unspecified atom stereocenters. The van der Waals surface area contributed by atoms with Crippen LogP contribution in [0.15, 0.2) is 18.2 Å². The van der Waals surface area contributed by atoms with E-state index in [1.54, 1.807) is 18.0 Å². The van der Waals surface area contributed by atoms with E-state index < -0.39 is 5.82 Å². The van der Waals surface area contributed by atoms with Gasteiger partial charge in [-0.05, 0) is 37.0 Å². The number of hydrogen-bond donors (Lipinski definition) is 1. The van der Waals surface area contributed by atoms with Crippen molar-refractivity contribution >= 4 is 5.91 Å². The van der Waals surface area contributed by atoms with E-state index in [0.29, 0.717) is 18.0 Å². The van der Waals surface area contributed by atoms with Gasteiger partial charge >= 0.3 is 0 Å². The van der Waals surface area contributed by atoms with Gasteiger partial charge in [0, 0.05) is 19.2 Å². The van der Waals surface area contributed by atoms with Gasteiger partial charge in [-0.3, -0.25) is 4.79 Å². The smallest absolute Gasteiger partial charge is 0.256 e. The van der Waals surface area contributed by atoms with Crippen LogP contribution in [0.25, 0.3) is 0 Å². The van der Waals surface area contributed by atoms with Crippen molar-refractivity contribution in [3.8, 4) is 11.8 Å². The molecule has 1 amide bonds. The highest BCUT2D eigenvalue weighted by atomic mass is 19.1. The first-order chi connectivity index (χ1) is 9.61. The van der Waals surface area contributed by atoms with Gasteiger partial charge < -0.3 is 10.6 Å². The molecule has 0 saturated heterocycles. The van der Waals surface area contributed by atoms with Crippen LogP contribution >= 0.6 is 0 Å². The maximum absolute atomic E-state index is 13.8. The number of carbonyl (C=O) groups is 1. The van der Waals surface area contributed by atoms with Crippen LogP contribution in [0.2, 0.25) is 0 Å². The number of hydrogen-bond acceptors (Lipinski definition) is 2. The number of carbonyl (C=O) groups excluding carboxylic acids is 1. The Morgan fingerprint density at radius 1 is 1.50 bits per heavy atom. The Morgan fingerprint density at radius 3 is 2.85 bits per heavy atom. The van der Waals surface area contributed by atoms with Crippen LogP contribution in [0.5, 0.6) is 0 Å². The van der Waals surface area contributed by atoms with Crippen molar-refractivity contribution in [1.82, 2.24) is 4.90 Å². The molecule has 2 rings (SSSR count). The van der Waals surface area contributed by atoms with Crippen LogP contribution in [-0.4, -0.2) is 30.9 Å². The molecule has 1 saturated carbocycles. The molecule has 0 atom stereocenters. The topological polar surface area (TPSA) is 46.3 Å². The zero-order valence-corrected chi connectivity index (χ0v) is 11.7. The number of rotatable bonds is 3. The Balaban J connectivity index is 2.14. The van der Waals surface area contributed by atoms with E-state index in [1.165, 1.54) is 18.6 Å². The van der Waals surface area contributed by atoms with Crippen LogP contribution in [0.3, 0.4) is 0 Å². The van der Waals surface area contributed by atoms with Crippen molar-refractivity contribution in [2.75, 3.05) is 20.1 Å². The number of nitrogens with zero attached hydrogens (tertiary/aromatic N) is 1. The highest BCUT2D eigenvalue weighted by molar-refractivity contribution is 5.94. The van der Waals surface area contributed by atoms with E-state index in [-0.39, 0.29) is 18.0 Å². The average Bonchev–Trinajstić information content (AvgIpc) is 2.41. The van der Waals surface area contributed by atoms with Crippen molar-refractivity contribution < 1.29 is 9.18 Å². The quantitative estimate of drug-likeness (QED) is 0.857. The molecule has 4 heteroatoms. The highest BCUT2D eigenvalue weighted by Crippen LogP contribution is 2.27. The second-order valence-electron chi connectivity index (χ2n) is 5.18. The zero-order valence-electron chi connectivity index (χ0n) is 11.7. The summed E-state index contributed by atoms with van der Waals surface area (Å²) in [5.74, 6) is 5.29. The van der Waals surface area contributed by atoms with E-state index in [0.717, 1.165) is 12.8 Å². The summed E-state index contributed by atoms with van der Waals surface area (Å²) in [4.78, 5) is 13.9. The number of benzene rings is 1. The molecule has 0 heterocycles. The number of nitrogens with two attached hydrogens (primary N) is 1. The summed E-state index contributed by atoms with van der Waals surface area (Å²) in [6.45, 7) is 0.930. The molecular weight excluding hydrogens is 255 g/mol. The molecule has 1 aromatic rings. The first kappa shape index (κ1) is 14.5. The lowest BCUT2D eigenvalue weighted by molar-refractivity contribution is 0.0740. The van der Waals surface area contributed by atoms with Gasteiger partial charge in [-0.25, -0.2) is 4.39 Å². The summed E-state index contributed by atoms with van der Waals surface area (Å²) < 4.78 is 13.8. The van der Waals surface area contributed by atoms with Gasteiger partial charge in [0.05, 0.1) is 12.1 Å². The molecule has 0 aromatic heterocycles. The number of halogens is 1. The van der Waals surface area contributed by atoms with Gasteiger partial charge in [0.2, 0.25) is 0 Å². The molecule has 20 heavy (non-hydrogen) atoms. The minimum absolute atomic E-state index is 0.0793. The van der Waals surface area contributed by atoms with Crippen molar-refractivity contribution in [2.24, 2.45) is 11.7 Å². The average molecular weight is 274 g/mol. The van der Waals surface area contributed by atoms with Gasteiger partial charge in [0.25, 0.3) is 5.91 Å². The third-order valence-electron chi connectivity index (χ3n) is 3.64. The van der Waals surface area contributed by atoms with Crippen molar-refractivity contribution in [2.45, 2.75) is 19.3 Å². The van der Waals surface area contributed by atoms with Crippen LogP contribution in [-0.2, 0) is 0 Å². The summed E-state index contributed by atoms with van der Waals surface area (Å²) in [5.41, 5.74) is 5.99. The summed E-state index contributed by atoms with van der Waals surface area (Å²) in [5, 5.41) is 0. The predicted molar refractivity (Wildman–Crippen MR) is 76.6 cm³/mol. The minimum atomic E-state index is -0.506. The van der Waals surface area contributed by atoms with Crippen LogP contribution in [0.4, 0.5) is 4.39 Å². The normalized spacial score (nSPS) is 14.2. The molecule has 106 valence electrons. The summed E-state index contributed by atoms with van der Waals surface area (Å²) >= 11 is 0. The van der Waals surface area contributed by atoms with Crippen LogP contribution < -0.4 is 5.73 Å². The lowest BCUT2D eigenvalue weighted by Crippen LogP contribution is -2.34. The van der Waals surface area contributed by atoms with Crippen LogP contribution in [0, 0.1) is 23.6 Å². The molecule has 1 aromatic carbocycles. The standard InChI is InChI=1S/C16H19FN2O/c1-19(11-13-4-2-5-13)16(20)14-10-12(6-3-9-18)7-8-15(14)17/h7-8,10,13H,2,4-5,9,11,18H2,1H3. The zero-order chi connectivity index (χ0) is 14.5. The first-order valence-electron chi connectivity index (χ1n) is 6.85. The molecule has 2 N–H and O–H groups in total. The van der Waals surface area contributed by atoms with E-state index in [2.05, 4.69) is 11.8 Å². The Kier molecular flexibility index (Phi) is 4.75. The molecule has 1 fully saturated rings. The van der Waals surface area contributed by atoms with Crippen molar-refractivity contribution in [3.05, 3.63) is 35.1 Å². The fourth-order valence-corrected chi connectivity index (χ4v) is 2.27.